The Balaban J connectivity index is 1.50. The van der Waals surface area contributed by atoms with Crippen LogP contribution in [0.5, 0.6) is 0 Å². The van der Waals surface area contributed by atoms with E-state index in [1.807, 2.05) is 10.7 Å². The van der Waals surface area contributed by atoms with Crippen molar-refractivity contribution in [2.75, 3.05) is 31.1 Å². The van der Waals surface area contributed by atoms with Crippen LogP contribution in [0.15, 0.2) is 48.5 Å². The first-order valence-corrected chi connectivity index (χ1v) is 10.9. The van der Waals surface area contributed by atoms with Crippen molar-refractivity contribution in [3.63, 3.8) is 0 Å². The summed E-state index contributed by atoms with van der Waals surface area (Å²) in [5, 5.41) is 12.8. The summed E-state index contributed by atoms with van der Waals surface area (Å²) >= 11 is 0. The van der Waals surface area contributed by atoms with E-state index in [2.05, 4.69) is 95.5 Å². The highest BCUT2D eigenvalue weighted by molar-refractivity contribution is 5.56. The first-order valence-electron chi connectivity index (χ1n) is 10.9. The molecule has 0 spiro atoms. The maximum Gasteiger partial charge on any atom is 0.169 e. The summed E-state index contributed by atoms with van der Waals surface area (Å²) in [7, 11) is 0. The van der Waals surface area contributed by atoms with E-state index >= 15 is 0 Å². The molecule has 3 aromatic rings. The highest BCUT2D eigenvalue weighted by atomic mass is 15.6. The molecule has 6 nitrogen and oxygen atoms in total. The molecule has 0 aliphatic carbocycles. The Bertz CT molecular complexity index is 957. The summed E-state index contributed by atoms with van der Waals surface area (Å²) in [5.41, 5.74) is 5.33. The molecule has 2 aromatic carbocycles. The highest BCUT2D eigenvalue weighted by Crippen LogP contribution is 2.30. The lowest BCUT2D eigenvalue weighted by molar-refractivity contribution is 0.135. The van der Waals surface area contributed by atoms with E-state index in [0.29, 0.717) is 12.5 Å². The number of anilines is 1. The Labute approximate surface area is 179 Å². The molecule has 6 heteroatoms. The van der Waals surface area contributed by atoms with Gasteiger partial charge in [0.15, 0.2) is 5.82 Å². The summed E-state index contributed by atoms with van der Waals surface area (Å²) in [6.45, 7) is 13.7. The van der Waals surface area contributed by atoms with Gasteiger partial charge in [-0.2, -0.15) is 0 Å². The molecular weight excluding hydrogens is 372 g/mol. The van der Waals surface area contributed by atoms with Crippen LogP contribution in [0.1, 0.15) is 42.4 Å². The van der Waals surface area contributed by atoms with E-state index in [0.717, 1.165) is 32.0 Å². The predicted octanol–water partition coefficient (Wildman–Crippen LogP) is 3.86. The quantitative estimate of drug-likeness (QED) is 0.624. The summed E-state index contributed by atoms with van der Waals surface area (Å²) in [6.07, 6.45) is 0. The fourth-order valence-electron chi connectivity index (χ4n) is 4.49. The minimum atomic E-state index is 0.212. The van der Waals surface area contributed by atoms with E-state index < -0.39 is 0 Å². The number of tetrazole rings is 1. The van der Waals surface area contributed by atoms with Gasteiger partial charge in [0.1, 0.15) is 0 Å². The number of hydrogen-bond donors (Lipinski definition) is 0. The van der Waals surface area contributed by atoms with Gasteiger partial charge in [0.05, 0.1) is 12.6 Å². The summed E-state index contributed by atoms with van der Waals surface area (Å²) in [6, 6.07) is 17.2. The largest absolute Gasteiger partial charge is 0.369 e. The van der Waals surface area contributed by atoms with E-state index in [4.69, 9.17) is 0 Å². The van der Waals surface area contributed by atoms with Crippen LogP contribution in [-0.4, -0.2) is 51.3 Å². The number of aromatic nitrogens is 4. The molecule has 2 heterocycles. The monoisotopic (exact) mass is 404 g/mol. The number of nitrogens with zero attached hydrogens (tertiary/aromatic N) is 6. The predicted molar refractivity (Wildman–Crippen MR) is 121 cm³/mol. The van der Waals surface area contributed by atoms with Crippen molar-refractivity contribution in [2.24, 2.45) is 5.92 Å². The minimum Gasteiger partial charge on any atom is -0.369 e. The lowest BCUT2D eigenvalue weighted by Gasteiger charge is -2.41. The molecule has 0 amide bonds. The molecule has 4 rings (SSSR count). The van der Waals surface area contributed by atoms with Gasteiger partial charge < -0.3 is 4.90 Å². The zero-order valence-electron chi connectivity index (χ0n) is 18.5. The first-order chi connectivity index (χ1) is 14.5. The van der Waals surface area contributed by atoms with Crippen LogP contribution in [0.3, 0.4) is 0 Å². The van der Waals surface area contributed by atoms with Crippen LogP contribution >= 0.6 is 0 Å². The van der Waals surface area contributed by atoms with Gasteiger partial charge in [-0.05, 0) is 52.9 Å². The zero-order valence-corrected chi connectivity index (χ0v) is 18.5. The normalized spacial score (nSPS) is 16.2. The van der Waals surface area contributed by atoms with Crippen molar-refractivity contribution in [2.45, 2.75) is 40.3 Å². The molecule has 1 aliphatic heterocycles. The van der Waals surface area contributed by atoms with Crippen LogP contribution in [0.25, 0.3) is 0 Å². The number of hydrogen-bond acceptors (Lipinski definition) is 5. The maximum atomic E-state index is 4.46. The van der Waals surface area contributed by atoms with E-state index in [9.17, 15) is 0 Å². The van der Waals surface area contributed by atoms with Crippen LogP contribution < -0.4 is 4.90 Å². The van der Waals surface area contributed by atoms with Gasteiger partial charge >= 0.3 is 0 Å². The van der Waals surface area contributed by atoms with Gasteiger partial charge in [-0.1, -0.05) is 56.3 Å². The van der Waals surface area contributed by atoms with Crippen LogP contribution in [-0.2, 0) is 6.54 Å². The standard InChI is InChI=1S/C24H32N6/c1-18(2)23(24-25-26-27-30(24)17-21-10-6-5-7-11-21)29-15-13-28(14-16-29)22-12-8-9-19(3)20(22)4/h5-12,18,23H,13-17H2,1-4H3. The lowest BCUT2D eigenvalue weighted by atomic mass is 10.00. The molecule has 0 N–H and O–H groups in total. The Kier molecular flexibility index (Phi) is 6.13. The highest BCUT2D eigenvalue weighted by Gasteiger charge is 2.31. The van der Waals surface area contributed by atoms with E-state index in [1.54, 1.807) is 0 Å². The SMILES string of the molecule is Cc1cccc(N2CCN(C(c3nnnn3Cc3ccccc3)C(C)C)CC2)c1C. The Hall–Kier alpha value is -2.73. The van der Waals surface area contributed by atoms with Gasteiger partial charge in [0.25, 0.3) is 0 Å². The molecule has 1 atom stereocenters. The van der Waals surface area contributed by atoms with Gasteiger partial charge in [-0.25, -0.2) is 4.68 Å². The molecule has 1 aliphatic rings. The second-order valence-corrected chi connectivity index (χ2v) is 8.61. The van der Waals surface area contributed by atoms with Gasteiger partial charge in [-0.15, -0.1) is 5.10 Å². The Morgan fingerprint density at radius 1 is 0.900 bits per heavy atom. The Morgan fingerprint density at radius 3 is 2.33 bits per heavy atom. The average Bonchev–Trinajstić information content (AvgIpc) is 3.19. The summed E-state index contributed by atoms with van der Waals surface area (Å²) in [5.74, 6) is 1.40. The van der Waals surface area contributed by atoms with Gasteiger partial charge in [-0.3, -0.25) is 4.90 Å². The zero-order chi connectivity index (χ0) is 21.1. The van der Waals surface area contributed by atoms with Crippen molar-refractivity contribution >= 4 is 5.69 Å². The molecule has 1 unspecified atom stereocenters. The van der Waals surface area contributed by atoms with E-state index in [-0.39, 0.29) is 6.04 Å². The second-order valence-electron chi connectivity index (χ2n) is 8.61. The number of benzene rings is 2. The van der Waals surface area contributed by atoms with Crippen molar-refractivity contribution < 1.29 is 0 Å². The van der Waals surface area contributed by atoms with Gasteiger partial charge in [0.2, 0.25) is 0 Å². The maximum absolute atomic E-state index is 4.46. The third-order valence-corrected chi connectivity index (χ3v) is 6.26. The smallest absolute Gasteiger partial charge is 0.169 e. The third-order valence-electron chi connectivity index (χ3n) is 6.26. The minimum absolute atomic E-state index is 0.212. The lowest BCUT2D eigenvalue weighted by Crippen LogP contribution is -2.49. The fourth-order valence-corrected chi connectivity index (χ4v) is 4.49. The average molecular weight is 405 g/mol. The fraction of sp³-hybridized carbons (Fsp3) is 0.458. The van der Waals surface area contributed by atoms with Crippen LogP contribution in [0, 0.1) is 19.8 Å². The van der Waals surface area contributed by atoms with Gasteiger partial charge in [0, 0.05) is 31.9 Å². The molecule has 1 fully saturated rings. The first kappa shape index (κ1) is 20.5. The van der Waals surface area contributed by atoms with Crippen LogP contribution in [0.4, 0.5) is 5.69 Å². The molecule has 0 radical (unpaired) electrons. The summed E-state index contributed by atoms with van der Waals surface area (Å²) < 4.78 is 1.97. The second kappa shape index (κ2) is 8.96. The number of piperazine rings is 1. The topological polar surface area (TPSA) is 50.1 Å². The number of aryl methyl sites for hydroxylation is 1. The molecule has 0 saturated carbocycles. The van der Waals surface area contributed by atoms with Crippen molar-refractivity contribution in [3.8, 4) is 0 Å². The molecule has 158 valence electrons. The molecule has 30 heavy (non-hydrogen) atoms. The molecule has 1 aromatic heterocycles. The van der Waals surface area contributed by atoms with Crippen molar-refractivity contribution in [1.29, 1.82) is 0 Å². The molecule has 1 saturated heterocycles. The van der Waals surface area contributed by atoms with Crippen molar-refractivity contribution in [1.82, 2.24) is 25.1 Å². The summed E-state index contributed by atoms with van der Waals surface area (Å²) in [4.78, 5) is 5.07. The van der Waals surface area contributed by atoms with E-state index in [1.165, 1.54) is 22.4 Å². The van der Waals surface area contributed by atoms with Crippen molar-refractivity contribution in [3.05, 3.63) is 71.0 Å². The molecule has 0 bridgehead atoms. The third kappa shape index (κ3) is 4.24. The van der Waals surface area contributed by atoms with Crippen LogP contribution in [0.2, 0.25) is 0 Å². The Morgan fingerprint density at radius 2 is 1.63 bits per heavy atom. The molecular formula is C24H32N6. The number of rotatable bonds is 6.